The number of anilines is 1. The molecule has 2 heterocycles. The third-order valence-electron chi connectivity index (χ3n) is 7.91. The van der Waals surface area contributed by atoms with Crippen molar-refractivity contribution in [2.24, 2.45) is 0 Å². The van der Waals surface area contributed by atoms with Crippen molar-refractivity contribution >= 4 is 29.1 Å². The minimum atomic E-state index is -0.882. The maximum Gasteiger partial charge on any atom is 0.264 e. The Morgan fingerprint density at radius 2 is 1.56 bits per heavy atom. The lowest BCUT2D eigenvalue weighted by Crippen LogP contribution is -2.47. The van der Waals surface area contributed by atoms with Crippen LogP contribution in [-0.4, -0.2) is 52.3 Å². The van der Waals surface area contributed by atoms with Crippen molar-refractivity contribution in [2.75, 3.05) is 18.4 Å². The number of fused-ring (bicyclic) bond motifs is 1. The zero-order valence-electron chi connectivity index (χ0n) is 21.4. The molecule has 1 atom stereocenters. The van der Waals surface area contributed by atoms with E-state index < -0.39 is 17.9 Å². The van der Waals surface area contributed by atoms with Crippen molar-refractivity contribution in [2.45, 2.75) is 44.3 Å². The van der Waals surface area contributed by atoms with Gasteiger partial charge in [-0.15, -0.1) is 0 Å². The van der Waals surface area contributed by atoms with Gasteiger partial charge in [0.1, 0.15) is 11.6 Å². The second-order valence-electron chi connectivity index (χ2n) is 10.6. The molecule has 0 spiro atoms. The molecule has 1 N–H and O–H groups in total. The zero-order chi connectivity index (χ0) is 27.1. The number of carbonyl (C=O) groups is 4. The van der Waals surface area contributed by atoms with Crippen molar-refractivity contribution in [3.63, 3.8) is 0 Å². The van der Waals surface area contributed by atoms with Gasteiger partial charge in [-0.3, -0.25) is 29.0 Å². The summed E-state index contributed by atoms with van der Waals surface area (Å²) in [6.45, 7) is 3.20. The Hall–Kier alpha value is -4.17. The monoisotopic (exact) mass is 525 g/mol. The Labute approximate surface area is 225 Å². The molecule has 3 aromatic rings. The fourth-order valence-corrected chi connectivity index (χ4v) is 5.73. The molecule has 7 nitrogen and oxygen atoms in total. The average molecular weight is 526 g/mol. The predicted octanol–water partition coefficient (Wildman–Crippen LogP) is 4.32. The molecule has 0 aromatic heterocycles. The second kappa shape index (κ2) is 10.2. The van der Waals surface area contributed by atoms with Crippen LogP contribution in [0.15, 0.2) is 66.7 Å². The molecule has 0 radical (unpaired) electrons. The molecule has 6 rings (SSSR count). The number of hydrogen-bond acceptors (Lipinski definition) is 6. The van der Waals surface area contributed by atoms with Crippen molar-refractivity contribution in [1.29, 1.82) is 0 Å². The number of imide groups is 1. The molecule has 2 aliphatic heterocycles. The molecule has 2 amide bonds. The van der Waals surface area contributed by atoms with E-state index in [2.05, 4.69) is 22.3 Å². The third-order valence-corrected chi connectivity index (χ3v) is 7.91. The maximum atomic E-state index is 13.3. The molecule has 3 aromatic carbocycles. The Morgan fingerprint density at radius 1 is 0.846 bits per heavy atom. The van der Waals surface area contributed by atoms with Crippen LogP contribution in [0.25, 0.3) is 0 Å². The zero-order valence-corrected chi connectivity index (χ0v) is 21.4. The molecular formula is C31H28FN3O4. The summed E-state index contributed by atoms with van der Waals surface area (Å²) in [5.41, 5.74) is 4.49. The van der Waals surface area contributed by atoms with Crippen LogP contribution in [0.3, 0.4) is 0 Å². The van der Waals surface area contributed by atoms with E-state index in [1.165, 1.54) is 23.3 Å². The largest absolute Gasteiger partial charge is 0.380 e. The van der Waals surface area contributed by atoms with Crippen LogP contribution < -0.4 is 5.32 Å². The van der Waals surface area contributed by atoms with Gasteiger partial charge in [0.2, 0.25) is 0 Å². The van der Waals surface area contributed by atoms with E-state index in [-0.39, 0.29) is 47.8 Å². The van der Waals surface area contributed by atoms with Gasteiger partial charge in [0.05, 0.1) is 23.6 Å². The first-order chi connectivity index (χ1) is 18.9. The number of nitrogens with one attached hydrogen (secondary N) is 1. The van der Waals surface area contributed by atoms with Crippen molar-refractivity contribution in [3.8, 4) is 0 Å². The molecule has 39 heavy (non-hydrogen) atoms. The van der Waals surface area contributed by atoms with E-state index in [9.17, 15) is 23.6 Å². The molecule has 1 saturated carbocycles. The topological polar surface area (TPSA) is 86.8 Å². The number of rotatable bonds is 7. The van der Waals surface area contributed by atoms with Gasteiger partial charge in [-0.25, -0.2) is 4.39 Å². The summed E-state index contributed by atoms with van der Waals surface area (Å²) < 4.78 is 13.2. The van der Waals surface area contributed by atoms with E-state index >= 15 is 0 Å². The van der Waals surface area contributed by atoms with Gasteiger partial charge in [-0.05, 0) is 47.4 Å². The lowest BCUT2D eigenvalue weighted by atomic mass is 9.91. The molecule has 1 unspecified atom stereocenters. The van der Waals surface area contributed by atoms with Crippen molar-refractivity contribution in [3.05, 3.63) is 100 Å². The molecule has 1 saturated heterocycles. The molecule has 8 heteroatoms. The van der Waals surface area contributed by atoms with Crippen LogP contribution in [0.1, 0.15) is 62.6 Å². The number of ketones is 2. The Balaban J connectivity index is 1.07. The standard InChI is InChI=1S/C31H28FN3O4/c32-23-10-8-21(9-11-23)22-17-34(18-22)16-20-6-4-19(5-7-20)15-33-26-3-1-2-25-29(26)31(39)35(30(25)38)27-13-12-24(36)14-28(27)37/h1-11,22,27,33H,12-18H2. The van der Waals surface area contributed by atoms with Crippen LogP contribution in [0.2, 0.25) is 0 Å². The van der Waals surface area contributed by atoms with Gasteiger partial charge < -0.3 is 5.32 Å². The summed E-state index contributed by atoms with van der Waals surface area (Å²) in [4.78, 5) is 53.8. The first kappa shape index (κ1) is 25.1. The first-order valence-corrected chi connectivity index (χ1v) is 13.2. The summed E-state index contributed by atoms with van der Waals surface area (Å²) in [7, 11) is 0. The van der Waals surface area contributed by atoms with Crippen LogP contribution in [0, 0.1) is 5.82 Å². The number of amides is 2. The van der Waals surface area contributed by atoms with Crippen molar-refractivity contribution < 1.29 is 23.6 Å². The molecular weight excluding hydrogens is 497 g/mol. The summed E-state index contributed by atoms with van der Waals surface area (Å²) in [6.07, 6.45) is 0.145. The summed E-state index contributed by atoms with van der Waals surface area (Å²) in [6, 6.07) is 19.2. The quantitative estimate of drug-likeness (QED) is 0.365. The smallest absolute Gasteiger partial charge is 0.264 e. The highest BCUT2D eigenvalue weighted by atomic mass is 19.1. The highest BCUT2D eigenvalue weighted by molar-refractivity contribution is 6.25. The van der Waals surface area contributed by atoms with Gasteiger partial charge in [-0.1, -0.05) is 42.5 Å². The molecule has 0 bridgehead atoms. The Kier molecular flexibility index (Phi) is 6.56. The number of Topliss-reactive ketones (excluding diaryl/α,β-unsaturated/α-hetero) is 2. The van der Waals surface area contributed by atoms with E-state index in [0.29, 0.717) is 18.2 Å². The van der Waals surface area contributed by atoms with Gasteiger partial charge in [0.25, 0.3) is 11.8 Å². The van der Waals surface area contributed by atoms with Gasteiger partial charge in [-0.2, -0.15) is 0 Å². The highest BCUT2D eigenvalue weighted by Gasteiger charge is 2.45. The number of halogens is 1. The van der Waals surface area contributed by atoms with E-state index in [0.717, 1.165) is 30.1 Å². The van der Waals surface area contributed by atoms with Gasteiger partial charge in [0.15, 0.2) is 5.78 Å². The molecule has 3 aliphatic rings. The lowest BCUT2D eigenvalue weighted by Gasteiger charge is -2.39. The number of benzene rings is 3. The number of nitrogens with zero attached hydrogens (tertiary/aromatic N) is 2. The van der Waals surface area contributed by atoms with Crippen LogP contribution in [-0.2, 0) is 22.7 Å². The third kappa shape index (κ3) is 4.88. The number of carbonyl (C=O) groups excluding carboxylic acids is 4. The predicted molar refractivity (Wildman–Crippen MR) is 143 cm³/mol. The Morgan fingerprint density at radius 3 is 2.28 bits per heavy atom. The summed E-state index contributed by atoms with van der Waals surface area (Å²) in [5, 5.41) is 3.29. The Bertz CT molecular complexity index is 1460. The fourth-order valence-electron chi connectivity index (χ4n) is 5.73. The van der Waals surface area contributed by atoms with Crippen molar-refractivity contribution in [1.82, 2.24) is 9.80 Å². The van der Waals surface area contributed by atoms with E-state index in [1.807, 2.05) is 24.3 Å². The van der Waals surface area contributed by atoms with Gasteiger partial charge in [0, 0.05) is 44.2 Å². The minimum absolute atomic E-state index is 0.152. The normalized spacial score (nSPS) is 19.8. The number of likely N-dealkylation sites (tertiary alicyclic amines) is 1. The lowest BCUT2D eigenvalue weighted by molar-refractivity contribution is -0.132. The summed E-state index contributed by atoms with van der Waals surface area (Å²) in [5.74, 6) is -1.28. The second-order valence-corrected chi connectivity index (χ2v) is 10.6. The van der Waals surface area contributed by atoms with Crippen LogP contribution >= 0.6 is 0 Å². The highest BCUT2D eigenvalue weighted by Crippen LogP contribution is 2.33. The summed E-state index contributed by atoms with van der Waals surface area (Å²) >= 11 is 0. The number of hydrogen-bond donors (Lipinski definition) is 1. The molecule has 2 fully saturated rings. The van der Waals surface area contributed by atoms with E-state index in [1.54, 1.807) is 18.2 Å². The average Bonchev–Trinajstić information content (AvgIpc) is 3.16. The minimum Gasteiger partial charge on any atom is -0.380 e. The maximum absolute atomic E-state index is 13.3. The first-order valence-electron chi connectivity index (χ1n) is 13.2. The van der Waals surface area contributed by atoms with Gasteiger partial charge >= 0.3 is 0 Å². The van der Waals surface area contributed by atoms with Crippen LogP contribution in [0.4, 0.5) is 10.1 Å². The fraction of sp³-hybridized carbons (Fsp3) is 0.290. The van der Waals surface area contributed by atoms with Crippen LogP contribution in [0.5, 0.6) is 0 Å². The SMILES string of the molecule is O=C1CCC(N2C(=O)c3cccc(NCc4ccc(CN5CC(c6ccc(F)cc6)C5)cc4)c3C2=O)C(=O)C1. The van der Waals surface area contributed by atoms with E-state index in [4.69, 9.17) is 0 Å². The molecule has 1 aliphatic carbocycles. The molecule has 198 valence electrons.